The van der Waals surface area contributed by atoms with Gasteiger partial charge in [-0.25, -0.2) is 4.98 Å². The van der Waals surface area contributed by atoms with E-state index < -0.39 is 0 Å². The van der Waals surface area contributed by atoms with Crippen molar-refractivity contribution in [3.05, 3.63) is 23.5 Å². The number of aliphatic hydroxyl groups excluding tert-OH is 1. The minimum absolute atomic E-state index is 0.0979. The normalized spacial score (nSPS) is 18.4. The van der Waals surface area contributed by atoms with Gasteiger partial charge in [-0.05, 0) is 50.4 Å². The smallest absolute Gasteiger partial charge is 0.224 e. The van der Waals surface area contributed by atoms with Crippen LogP contribution in [0, 0.1) is 0 Å². The van der Waals surface area contributed by atoms with E-state index in [2.05, 4.69) is 14.9 Å². The molecule has 6 heteroatoms. The summed E-state index contributed by atoms with van der Waals surface area (Å²) in [7, 11) is 0. The van der Waals surface area contributed by atoms with Gasteiger partial charge in [0, 0.05) is 18.0 Å². The molecule has 22 heavy (non-hydrogen) atoms. The fourth-order valence-electron chi connectivity index (χ4n) is 2.93. The predicted molar refractivity (Wildman–Crippen MR) is 87.8 cm³/mol. The third-order valence-corrected chi connectivity index (χ3v) is 4.02. The third-order valence-electron chi connectivity index (χ3n) is 3.85. The van der Waals surface area contributed by atoms with Crippen molar-refractivity contribution in [1.29, 1.82) is 0 Å². The second-order valence-electron chi connectivity index (χ2n) is 5.83. The monoisotopic (exact) mass is 321 g/mol. The molecule has 0 unspecified atom stereocenters. The van der Waals surface area contributed by atoms with Gasteiger partial charge >= 0.3 is 0 Å². The van der Waals surface area contributed by atoms with Gasteiger partial charge in [-0.3, -0.25) is 0 Å². The van der Waals surface area contributed by atoms with Crippen LogP contribution < -0.4 is 9.64 Å². The molecule has 118 valence electrons. The average Bonchev–Trinajstić information content (AvgIpc) is 2.93. The van der Waals surface area contributed by atoms with Crippen molar-refractivity contribution in [2.24, 2.45) is 0 Å². The number of aliphatic hydroxyl groups is 1. The fraction of sp³-hybridized carbons (Fsp3) is 0.500. The standard InChI is InChI=1S/C16H20ClN3O2/c1-10(2)22-12-5-6-13-14(8-12)18-16(17)19-15(13)20-7-3-4-11(20)9-21/h5-6,8,10-11,21H,3-4,7,9H2,1-2H3/t11-/m0/s1. The molecule has 1 aromatic heterocycles. The largest absolute Gasteiger partial charge is 0.491 e. The van der Waals surface area contributed by atoms with Crippen LogP contribution in [0.3, 0.4) is 0 Å². The van der Waals surface area contributed by atoms with E-state index in [1.165, 1.54) is 0 Å². The molecule has 1 aromatic carbocycles. The number of aromatic nitrogens is 2. The number of hydrogen-bond acceptors (Lipinski definition) is 5. The van der Waals surface area contributed by atoms with Crippen LogP contribution in [-0.4, -0.2) is 40.4 Å². The molecular formula is C16H20ClN3O2. The van der Waals surface area contributed by atoms with Crippen molar-refractivity contribution in [3.63, 3.8) is 0 Å². The van der Waals surface area contributed by atoms with Crippen molar-refractivity contribution >= 4 is 28.3 Å². The fourth-order valence-corrected chi connectivity index (χ4v) is 3.10. The second kappa shape index (κ2) is 6.26. The Hall–Kier alpha value is -1.59. The molecule has 1 aliphatic heterocycles. The van der Waals surface area contributed by atoms with Gasteiger partial charge < -0.3 is 14.7 Å². The zero-order valence-electron chi connectivity index (χ0n) is 12.8. The van der Waals surface area contributed by atoms with Crippen LogP contribution in [0.25, 0.3) is 10.9 Å². The van der Waals surface area contributed by atoms with Gasteiger partial charge in [0.05, 0.1) is 24.3 Å². The number of rotatable bonds is 4. The van der Waals surface area contributed by atoms with Crippen LogP contribution in [0.4, 0.5) is 5.82 Å². The molecule has 0 spiro atoms. The van der Waals surface area contributed by atoms with Gasteiger partial charge in [-0.1, -0.05) is 0 Å². The predicted octanol–water partition coefficient (Wildman–Crippen LogP) is 3.03. The van der Waals surface area contributed by atoms with E-state index in [9.17, 15) is 5.11 Å². The molecule has 1 aliphatic rings. The van der Waals surface area contributed by atoms with Crippen molar-refractivity contribution < 1.29 is 9.84 Å². The van der Waals surface area contributed by atoms with E-state index in [1.807, 2.05) is 32.0 Å². The van der Waals surface area contributed by atoms with Crippen molar-refractivity contribution in [1.82, 2.24) is 9.97 Å². The Morgan fingerprint density at radius 2 is 2.23 bits per heavy atom. The maximum atomic E-state index is 9.54. The first-order chi connectivity index (χ1) is 10.6. The number of benzene rings is 1. The van der Waals surface area contributed by atoms with E-state index in [0.29, 0.717) is 0 Å². The van der Waals surface area contributed by atoms with Crippen LogP contribution in [0.2, 0.25) is 5.28 Å². The van der Waals surface area contributed by atoms with Gasteiger partial charge in [0.15, 0.2) is 0 Å². The Balaban J connectivity index is 2.06. The number of hydrogen-bond donors (Lipinski definition) is 1. The molecule has 1 fully saturated rings. The maximum absolute atomic E-state index is 9.54. The number of fused-ring (bicyclic) bond motifs is 1. The minimum atomic E-state index is 0.0979. The van der Waals surface area contributed by atoms with Crippen molar-refractivity contribution in [2.75, 3.05) is 18.1 Å². The molecule has 0 aliphatic carbocycles. The number of ether oxygens (including phenoxy) is 1. The lowest BCUT2D eigenvalue weighted by atomic mass is 10.2. The lowest BCUT2D eigenvalue weighted by Crippen LogP contribution is -2.33. The summed E-state index contributed by atoms with van der Waals surface area (Å²) in [5.74, 6) is 1.56. The Kier molecular flexibility index (Phi) is 4.36. The molecule has 0 bridgehead atoms. The Morgan fingerprint density at radius 3 is 2.95 bits per heavy atom. The first-order valence-electron chi connectivity index (χ1n) is 7.60. The van der Waals surface area contributed by atoms with Crippen LogP contribution in [0.5, 0.6) is 5.75 Å². The molecular weight excluding hydrogens is 302 g/mol. The summed E-state index contributed by atoms with van der Waals surface area (Å²) in [5, 5.41) is 10.7. The minimum Gasteiger partial charge on any atom is -0.491 e. The van der Waals surface area contributed by atoms with Crippen LogP contribution >= 0.6 is 11.6 Å². The van der Waals surface area contributed by atoms with E-state index in [4.69, 9.17) is 16.3 Å². The summed E-state index contributed by atoms with van der Waals surface area (Å²) >= 11 is 6.10. The Morgan fingerprint density at radius 1 is 1.41 bits per heavy atom. The summed E-state index contributed by atoms with van der Waals surface area (Å²) in [6, 6.07) is 5.87. The summed E-state index contributed by atoms with van der Waals surface area (Å²) in [6.45, 7) is 4.97. The first-order valence-corrected chi connectivity index (χ1v) is 7.97. The Labute approximate surface area is 134 Å². The highest BCUT2D eigenvalue weighted by atomic mass is 35.5. The molecule has 1 N–H and O–H groups in total. The summed E-state index contributed by atoms with van der Waals surface area (Å²) in [6.07, 6.45) is 2.11. The lowest BCUT2D eigenvalue weighted by Gasteiger charge is -2.25. The van der Waals surface area contributed by atoms with Gasteiger partial charge in [-0.2, -0.15) is 4.98 Å². The molecule has 0 amide bonds. The molecule has 2 aromatic rings. The summed E-state index contributed by atoms with van der Waals surface area (Å²) in [4.78, 5) is 10.8. The van der Waals surface area contributed by atoms with Crippen LogP contribution in [0.1, 0.15) is 26.7 Å². The van der Waals surface area contributed by atoms with Gasteiger partial charge in [-0.15, -0.1) is 0 Å². The average molecular weight is 322 g/mol. The van der Waals surface area contributed by atoms with Crippen molar-refractivity contribution in [2.45, 2.75) is 38.8 Å². The molecule has 5 nitrogen and oxygen atoms in total. The van der Waals surface area contributed by atoms with E-state index in [1.54, 1.807) is 0 Å². The third kappa shape index (κ3) is 2.96. The molecule has 1 saturated heterocycles. The van der Waals surface area contributed by atoms with Gasteiger partial charge in [0.1, 0.15) is 11.6 Å². The van der Waals surface area contributed by atoms with E-state index in [-0.39, 0.29) is 24.0 Å². The lowest BCUT2D eigenvalue weighted by molar-refractivity contribution is 0.242. The van der Waals surface area contributed by atoms with E-state index in [0.717, 1.165) is 41.9 Å². The topological polar surface area (TPSA) is 58.5 Å². The zero-order chi connectivity index (χ0) is 15.7. The number of nitrogens with zero attached hydrogens (tertiary/aromatic N) is 3. The van der Waals surface area contributed by atoms with Gasteiger partial charge in [0.2, 0.25) is 5.28 Å². The summed E-state index contributed by atoms with van der Waals surface area (Å²) < 4.78 is 5.71. The summed E-state index contributed by atoms with van der Waals surface area (Å²) in [5.41, 5.74) is 0.761. The molecule has 2 heterocycles. The first kappa shape index (κ1) is 15.3. The molecule has 0 radical (unpaired) electrons. The quantitative estimate of drug-likeness (QED) is 0.877. The van der Waals surface area contributed by atoms with Crippen molar-refractivity contribution in [3.8, 4) is 5.75 Å². The highest BCUT2D eigenvalue weighted by molar-refractivity contribution is 6.28. The number of halogens is 1. The molecule has 3 rings (SSSR count). The maximum Gasteiger partial charge on any atom is 0.224 e. The SMILES string of the molecule is CC(C)Oc1ccc2c(N3CCC[C@H]3CO)nc(Cl)nc2c1. The Bertz CT molecular complexity index is 678. The van der Waals surface area contributed by atoms with Crippen LogP contribution in [0.15, 0.2) is 18.2 Å². The van der Waals surface area contributed by atoms with Crippen LogP contribution in [-0.2, 0) is 0 Å². The number of anilines is 1. The highest BCUT2D eigenvalue weighted by Gasteiger charge is 2.27. The highest BCUT2D eigenvalue weighted by Crippen LogP contribution is 2.32. The van der Waals surface area contributed by atoms with Gasteiger partial charge in [0.25, 0.3) is 0 Å². The zero-order valence-corrected chi connectivity index (χ0v) is 13.5. The molecule has 1 atom stereocenters. The van der Waals surface area contributed by atoms with E-state index >= 15 is 0 Å². The second-order valence-corrected chi connectivity index (χ2v) is 6.17. The molecule has 0 saturated carbocycles.